The molecule has 1 N–H and O–H groups in total. The normalized spacial score (nSPS) is 12.8. The van der Waals surface area contributed by atoms with E-state index in [1.54, 1.807) is 19.9 Å². The van der Waals surface area contributed by atoms with Gasteiger partial charge in [0.2, 0.25) is 10.0 Å². The lowest BCUT2D eigenvalue weighted by Gasteiger charge is -2.20. The van der Waals surface area contributed by atoms with E-state index >= 15 is 0 Å². The molecule has 0 saturated heterocycles. The Hall–Kier alpha value is -1.70. The summed E-state index contributed by atoms with van der Waals surface area (Å²) in [5, 5.41) is 3.02. The molecule has 0 radical (unpaired) electrons. The first-order valence-electron chi connectivity index (χ1n) is 9.41. The molecule has 28 heavy (non-hydrogen) atoms. The molecule has 0 heterocycles. The molecule has 0 spiro atoms. The van der Waals surface area contributed by atoms with Crippen LogP contribution in [0.2, 0.25) is 0 Å². The Balaban J connectivity index is 2.33. The van der Waals surface area contributed by atoms with Crippen molar-refractivity contribution in [1.82, 2.24) is 9.62 Å². The van der Waals surface area contributed by atoms with E-state index in [0.29, 0.717) is 23.1 Å². The van der Waals surface area contributed by atoms with Gasteiger partial charge in [-0.15, -0.1) is 0 Å². The predicted molar refractivity (Wildman–Crippen MR) is 116 cm³/mol. The first-order valence-corrected chi connectivity index (χ1v) is 11.6. The standard InChI is InChI=1S/C21H27BrN2O3S/c1-5-20(16-10-8-15(4)9-11-16)23-21(25)18-14-17(12-13-19(18)22)28(26,27)24(6-2)7-3/h8-14,20H,5-7H2,1-4H3,(H,23,25). The quantitative estimate of drug-likeness (QED) is 0.614. The molecule has 1 atom stereocenters. The van der Waals surface area contributed by atoms with Crippen molar-refractivity contribution < 1.29 is 13.2 Å². The fraction of sp³-hybridized carbons (Fsp3) is 0.381. The molecule has 1 unspecified atom stereocenters. The highest BCUT2D eigenvalue weighted by atomic mass is 79.9. The Kier molecular flexibility index (Phi) is 7.80. The molecular formula is C21H27BrN2O3S. The van der Waals surface area contributed by atoms with E-state index in [9.17, 15) is 13.2 Å². The van der Waals surface area contributed by atoms with Gasteiger partial charge in [0.15, 0.2) is 0 Å². The second-order valence-electron chi connectivity index (χ2n) is 6.58. The monoisotopic (exact) mass is 466 g/mol. The highest BCUT2D eigenvalue weighted by Gasteiger charge is 2.24. The van der Waals surface area contributed by atoms with E-state index in [2.05, 4.69) is 21.2 Å². The molecule has 0 bridgehead atoms. The zero-order valence-electron chi connectivity index (χ0n) is 16.7. The predicted octanol–water partition coefficient (Wildman–Crippen LogP) is 4.67. The smallest absolute Gasteiger partial charge is 0.252 e. The first-order chi connectivity index (χ1) is 13.2. The SMILES string of the molecule is CCC(NC(=O)c1cc(S(=O)(=O)N(CC)CC)ccc1Br)c1ccc(C)cc1. The lowest BCUT2D eigenvalue weighted by molar-refractivity contribution is 0.0934. The number of amides is 1. The topological polar surface area (TPSA) is 66.5 Å². The Morgan fingerprint density at radius 2 is 1.68 bits per heavy atom. The molecule has 2 aromatic carbocycles. The third kappa shape index (κ3) is 5.01. The minimum Gasteiger partial charge on any atom is -0.345 e. The molecule has 1 amide bonds. The van der Waals surface area contributed by atoms with Gasteiger partial charge >= 0.3 is 0 Å². The summed E-state index contributed by atoms with van der Waals surface area (Å²) in [6.45, 7) is 8.36. The molecule has 7 heteroatoms. The van der Waals surface area contributed by atoms with Crippen molar-refractivity contribution >= 4 is 31.9 Å². The van der Waals surface area contributed by atoms with Gasteiger partial charge in [-0.3, -0.25) is 4.79 Å². The van der Waals surface area contributed by atoms with Crippen LogP contribution in [0.15, 0.2) is 51.8 Å². The summed E-state index contributed by atoms with van der Waals surface area (Å²) in [4.78, 5) is 13.0. The van der Waals surface area contributed by atoms with Gasteiger partial charge in [0.1, 0.15) is 0 Å². The van der Waals surface area contributed by atoms with Crippen LogP contribution in [0.25, 0.3) is 0 Å². The Morgan fingerprint density at radius 3 is 2.21 bits per heavy atom. The zero-order chi connectivity index (χ0) is 20.9. The van der Waals surface area contributed by atoms with Gasteiger partial charge in [-0.2, -0.15) is 4.31 Å². The van der Waals surface area contributed by atoms with E-state index in [0.717, 1.165) is 17.5 Å². The maximum absolute atomic E-state index is 12.9. The van der Waals surface area contributed by atoms with E-state index in [1.165, 1.54) is 16.4 Å². The lowest BCUT2D eigenvalue weighted by Crippen LogP contribution is -2.31. The van der Waals surface area contributed by atoms with Crippen LogP contribution >= 0.6 is 15.9 Å². The van der Waals surface area contributed by atoms with Crippen LogP contribution in [0.3, 0.4) is 0 Å². The first kappa shape index (κ1) is 22.6. The maximum Gasteiger partial charge on any atom is 0.252 e. The van der Waals surface area contributed by atoms with Gasteiger partial charge in [0.05, 0.1) is 16.5 Å². The second kappa shape index (κ2) is 9.67. The van der Waals surface area contributed by atoms with Gasteiger partial charge in [-0.1, -0.05) is 50.6 Å². The molecule has 5 nitrogen and oxygen atoms in total. The molecule has 0 aliphatic rings. The van der Waals surface area contributed by atoms with Crippen LogP contribution in [0.5, 0.6) is 0 Å². The number of carbonyl (C=O) groups excluding carboxylic acids is 1. The van der Waals surface area contributed by atoms with Crippen LogP contribution in [0.1, 0.15) is 54.7 Å². The minimum absolute atomic E-state index is 0.118. The van der Waals surface area contributed by atoms with E-state index < -0.39 is 10.0 Å². The number of hydrogen-bond acceptors (Lipinski definition) is 3. The Labute approximate surface area is 176 Å². The lowest BCUT2D eigenvalue weighted by atomic mass is 10.0. The number of rotatable bonds is 8. The van der Waals surface area contributed by atoms with Crippen molar-refractivity contribution in [2.75, 3.05) is 13.1 Å². The van der Waals surface area contributed by atoms with Crippen molar-refractivity contribution in [1.29, 1.82) is 0 Å². The number of benzene rings is 2. The Morgan fingerprint density at radius 1 is 1.07 bits per heavy atom. The number of nitrogens with one attached hydrogen (secondary N) is 1. The maximum atomic E-state index is 12.9. The van der Waals surface area contributed by atoms with Crippen molar-refractivity contribution in [2.24, 2.45) is 0 Å². The van der Waals surface area contributed by atoms with Gasteiger partial charge in [-0.25, -0.2) is 8.42 Å². The summed E-state index contributed by atoms with van der Waals surface area (Å²) in [6, 6.07) is 12.4. The van der Waals surface area contributed by atoms with E-state index in [-0.39, 0.29) is 16.8 Å². The third-order valence-electron chi connectivity index (χ3n) is 4.72. The molecule has 2 rings (SSSR count). The molecule has 0 saturated carbocycles. The molecular weight excluding hydrogens is 440 g/mol. The highest BCUT2D eigenvalue weighted by molar-refractivity contribution is 9.10. The largest absolute Gasteiger partial charge is 0.345 e. The summed E-state index contributed by atoms with van der Waals surface area (Å²) < 4.78 is 27.5. The van der Waals surface area contributed by atoms with E-state index in [4.69, 9.17) is 0 Å². The average Bonchev–Trinajstić information content (AvgIpc) is 2.67. The number of carbonyl (C=O) groups is 1. The summed E-state index contributed by atoms with van der Waals surface area (Å²) >= 11 is 3.38. The molecule has 2 aromatic rings. The number of hydrogen-bond donors (Lipinski definition) is 1. The molecule has 152 valence electrons. The molecule has 0 aliphatic heterocycles. The number of aryl methyl sites for hydroxylation is 1. The summed E-state index contributed by atoms with van der Waals surface area (Å²) in [6.07, 6.45) is 0.726. The van der Waals surface area contributed by atoms with Crippen LogP contribution in [-0.2, 0) is 10.0 Å². The van der Waals surface area contributed by atoms with Crippen molar-refractivity contribution in [3.05, 3.63) is 63.6 Å². The summed E-state index contributed by atoms with van der Waals surface area (Å²) in [5.74, 6) is -0.309. The van der Waals surface area contributed by atoms with Crippen molar-refractivity contribution in [2.45, 2.75) is 45.1 Å². The summed E-state index contributed by atoms with van der Waals surface area (Å²) in [5.41, 5.74) is 2.48. The number of nitrogens with zero attached hydrogens (tertiary/aromatic N) is 1. The second-order valence-corrected chi connectivity index (χ2v) is 9.37. The highest BCUT2D eigenvalue weighted by Crippen LogP contribution is 2.25. The fourth-order valence-electron chi connectivity index (χ4n) is 3.01. The molecule has 0 aromatic heterocycles. The molecule has 0 aliphatic carbocycles. The summed E-state index contributed by atoms with van der Waals surface area (Å²) in [7, 11) is -3.63. The van der Waals surface area contributed by atoms with Crippen LogP contribution in [0, 0.1) is 6.92 Å². The van der Waals surface area contributed by atoms with E-state index in [1.807, 2.05) is 38.1 Å². The Bertz CT molecular complexity index is 923. The van der Waals surface area contributed by atoms with Gasteiger partial charge in [0.25, 0.3) is 5.91 Å². The fourth-order valence-corrected chi connectivity index (χ4v) is 4.92. The minimum atomic E-state index is -3.63. The third-order valence-corrected chi connectivity index (χ3v) is 7.46. The zero-order valence-corrected chi connectivity index (χ0v) is 19.1. The molecule has 0 fully saturated rings. The average molecular weight is 467 g/mol. The number of sulfonamides is 1. The number of halogens is 1. The van der Waals surface area contributed by atoms with Gasteiger partial charge in [-0.05, 0) is 53.0 Å². The van der Waals surface area contributed by atoms with Crippen molar-refractivity contribution in [3.63, 3.8) is 0 Å². The van der Waals surface area contributed by atoms with Gasteiger partial charge < -0.3 is 5.32 Å². The van der Waals surface area contributed by atoms with Crippen molar-refractivity contribution in [3.8, 4) is 0 Å². The van der Waals surface area contributed by atoms with Gasteiger partial charge in [0, 0.05) is 17.6 Å². The van der Waals surface area contributed by atoms with Crippen LogP contribution < -0.4 is 5.32 Å². The van der Waals surface area contributed by atoms with Crippen LogP contribution in [-0.4, -0.2) is 31.7 Å². The van der Waals surface area contributed by atoms with Crippen LogP contribution in [0.4, 0.5) is 0 Å².